The van der Waals surface area contributed by atoms with Crippen LogP contribution in [0.3, 0.4) is 0 Å². The number of rotatable bonds is 6. The van der Waals surface area contributed by atoms with Gasteiger partial charge in [0.15, 0.2) is 0 Å². The molecule has 1 heterocycles. The van der Waals surface area contributed by atoms with Crippen LogP contribution in [0.1, 0.15) is 30.4 Å². The second kappa shape index (κ2) is 9.59. The van der Waals surface area contributed by atoms with Crippen molar-refractivity contribution in [3.8, 4) is 0 Å². The summed E-state index contributed by atoms with van der Waals surface area (Å²) in [5.74, 6) is 0.179. The van der Waals surface area contributed by atoms with Gasteiger partial charge >= 0.3 is 10.2 Å². The Morgan fingerprint density at radius 2 is 1.87 bits per heavy atom. The predicted molar refractivity (Wildman–Crippen MR) is 122 cm³/mol. The van der Waals surface area contributed by atoms with Gasteiger partial charge in [0.2, 0.25) is 5.96 Å². The third-order valence-electron chi connectivity index (χ3n) is 4.69. The standard InChI is InChI=1S/C21H26ClN5O2S/c1-4-14-23-21(25-30(28,29)26(2)3)27-15-19(16-8-6-5-7-9-16)20(24-27)17-10-12-18(22)13-11-17/h5-13,19H,4,14-15H2,1-3H3,(H,23,25). The molecule has 1 aliphatic heterocycles. The molecule has 160 valence electrons. The lowest BCUT2D eigenvalue weighted by Gasteiger charge is -2.21. The molecule has 0 saturated carbocycles. The Bertz CT molecular complexity index is 1020. The smallest absolute Gasteiger partial charge is 0.251 e. The van der Waals surface area contributed by atoms with Gasteiger partial charge in [-0.05, 0) is 29.7 Å². The summed E-state index contributed by atoms with van der Waals surface area (Å²) in [6.07, 6.45) is 0.789. The van der Waals surface area contributed by atoms with Gasteiger partial charge in [0.05, 0.1) is 12.3 Å². The zero-order chi connectivity index (χ0) is 21.7. The Morgan fingerprint density at radius 1 is 1.20 bits per heavy atom. The zero-order valence-corrected chi connectivity index (χ0v) is 18.9. The van der Waals surface area contributed by atoms with E-state index in [-0.39, 0.29) is 11.9 Å². The summed E-state index contributed by atoms with van der Waals surface area (Å²) in [4.78, 5) is 4.46. The van der Waals surface area contributed by atoms with Gasteiger partial charge in [0.1, 0.15) is 0 Å². The number of hydrazone groups is 1. The van der Waals surface area contributed by atoms with Crippen molar-refractivity contribution >= 4 is 33.5 Å². The molecule has 7 nitrogen and oxygen atoms in total. The highest BCUT2D eigenvalue weighted by Crippen LogP contribution is 2.29. The SMILES string of the molecule is CCCN=C(NS(=O)(=O)N(C)C)N1CC(c2ccccc2)C(c2ccc(Cl)cc2)=N1. The van der Waals surface area contributed by atoms with Crippen LogP contribution in [0.2, 0.25) is 5.02 Å². The monoisotopic (exact) mass is 447 g/mol. The second-order valence-corrected chi connectivity index (χ2v) is 9.45. The Morgan fingerprint density at radius 3 is 2.47 bits per heavy atom. The van der Waals surface area contributed by atoms with Crippen LogP contribution in [0.15, 0.2) is 64.7 Å². The van der Waals surface area contributed by atoms with Crippen molar-refractivity contribution in [1.29, 1.82) is 0 Å². The number of hydrogen-bond donors (Lipinski definition) is 1. The normalized spacial score (nSPS) is 17.4. The van der Waals surface area contributed by atoms with Gasteiger partial charge in [0, 0.05) is 31.6 Å². The molecule has 0 saturated heterocycles. The van der Waals surface area contributed by atoms with E-state index in [4.69, 9.17) is 16.7 Å². The van der Waals surface area contributed by atoms with Gasteiger partial charge in [-0.1, -0.05) is 61.0 Å². The van der Waals surface area contributed by atoms with E-state index in [9.17, 15) is 8.42 Å². The van der Waals surface area contributed by atoms with Gasteiger partial charge in [-0.2, -0.15) is 17.8 Å². The Hall–Kier alpha value is -2.42. The van der Waals surface area contributed by atoms with Gasteiger partial charge < -0.3 is 0 Å². The van der Waals surface area contributed by atoms with E-state index in [0.717, 1.165) is 27.6 Å². The van der Waals surface area contributed by atoms with Gasteiger partial charge in [-0.25, -0.2) is 9.73 Å². The van der Waals surface area contributed by atoms with Crippen molar-refractivity contribution in [1.82, 2.24) is 14.0 Å². The largest absolute Gasteiger partial charge is 0.303 e. The number of nitrogens with one attached hydrogen (secondary N) is 1. The van der Waals surface area contributed by atoms with Crippen molar-refractivity contribution < 1.29 is 8.42 Å². The quantitative estimate of drug-likeness (QED) is 0.545. The summed E-state index contributed by atoms with van der Waals surface area (Å²) in [5, 5.41) is 7.06. The van der Waals surface area contributed by atoms with Crippen LogP contribution in [0.4, 0.5) is 0 Å². The molecule has 0 radical (unpaired) electrons. The molecule has 1 atom stereocenters. The molecule has 0 amide bonds. The summed E-state index contributed by atoms with van der Waals surface area (Å²) >= 11 is 6.06. The number of aliphatic imine (C=N–C) groups is 1. The number of benzene rings is 2. The fourth-order valence-corrected chi connectivity index (χ4v) is 3.76. The highest BCUT2D eigenvalue weighted by atomic mass is 35.5. The lowest BCUT2D eigenvalue weighted by Crippen LogP contribution is -2.46. The summed E-state index contributed by atoms with van der Waals surface area (Å²) in [5.41, 5.74) is 2.87. The lowest BCUT2D eigenvalue weighted by molar-refractivity contribution is 0.455. The van der Waals surface area contributed by atoms with Crippen LogP contribution in [0.25, 0.3) is 0 Å². The number of hydrogen-bond acceptors (Lipinski definition) is 4. The number of halogens is 1. The minimum absolute atomic E-state index is 0.0388. The first-order valence-electron chi connectivity index (χ1n) is 9.73. The van der Waals surface area contributed by atoms with Gasteiger partial charge in [0.25, 0.3) is 0 Å². The summed E-state index contributed by atoms with van der Waals surface area (Å²) in [6.45, 7) is 2.95. The average Bonchev–Trinajstić information content (AvgIpc) is 3.17. The predicted octanol–water partition coefficient (Wildman–Crippen LogP) is 3.31. The third kappa shape index (κ3) is 5.19. The number of guanidine groups is 1. The maximum absolute atomic E-state index is 12.4. The van der Waals surface area contributed by atoms with E-state index in [0.29, 0.717) is 18.1 Å². The molecule has 1 aliphatic rings. The molecule has 30 heavy (non-hydrogen) atoms. The van der Waals surface area contributed by atoms with Crippen LogP contribution >= 0.6 is 11.6 Å². The van der Waals surface area contributed by atoms with Crippen molar-refractivity contribution in [2.75, 3.05) is 27.2 Å². The first kappa shape index (κ1) is 22.3. The van der Waals surface area contributed by atoms with E-state index < -0.39 is 10.2 Å². The van der Waals surface area contributed by atoms with Gasteiger partial charge in [-0.3, -0.25) is 4.99 Å². The average molecular weight is 448 g/mol. The molecule has 0 aromatic heterocycles. The maximum atomic E-state index is 12.4. The van der Waals surface area contributed by atoms with E-state index in [1.54, 1.807) is 5.01 Å². The topological polar surface area (TPSA) is 77.4 Å². The first-order chi connectivity index (χ1) is 14.3. The van der Waals surface area contributed by atoms with Crippen LogP contribution in [-0.2, 0) is 10.2 Å². The maximum Gasteiger partial charge on any atom is 0.303 e. The van der Waals surface area contributed by atoms with E-state index >= 15 is 0 Å². The fourth-order valence-electron chi connectivity index (χ4n) is 3.05. The Labute approximate surface area is 183 Å². The van der Waals surface area contributed by atoms with E-state index in [1.165, 1.54) is 14.1 Å². The molecule has 0 aliphatic carbocycles. The zero-order valence-electron chi connectivity index (χ0n) is 17.3. The lowest BCUT2D eigenvalue weighted by atomic mass is 9.91. The highest BCUT2D eigenvalue weighted by Gasteiger charge is 2.33. The summed E-state index contributed by atoms with van der Waals surface area (Å²) in [6, 6.07) is 17.5. The van der Waals surface area contributed by atoms with E-state index in [1.807, 2.05) is 61.5 Å². The molecule has 2 aromatic carbocycles. The summed E-state index contributed by atoms with van der Waals surface area (Å²) < 4.78 is 28.6. The molecule has 3 rings (SSSR count). The Kier molecular flexibility index (Phi) is 7.12. The Balaban J connectivity index is 2.01. The summed E-state index contributed by atoms with van der Waals surface area (Å²) in [7, 11) is -0.769. The van der Waals surface area contributed by atoms with Crippen molar-refractivity contribution in [3.63, 3.8) is 0 Å². The van der Waals surface area contributed by atoms with E-state index in [2.05, 4.69) is 9.71 Å². The molecule has 0 fully saturated rings. The van der Waals surface area contributed by atoms with Crippen molar-refractivity contribution in [2.24, 2.45) is 10.1 Å². The van der Waals surface area contributed by atoms with Crippen LogP contribution in [0, 0.1) is 0 Å². The minimum atomic E-state index is -3.71. The molecule has 0 bridgehead atoms. The third-order valence-corrected chi connectivity index (χ3v) is 6.34. The molecule has 1 unspecified atom stereocenters. The molecular formula is C21H26ClN5O2S. The van der Waals surface area contributed by atoms with Gasteiger partial charge in [-0.15, -0.1) is 0 Å². The molecule has 2 aromatic rings. The number of nitrogens with zero attached hydrogens (tertiary/aromatic N) is 4. The fraction of sp³-hybridized carbons (Fsp3) is 0.333. The van der Waals surface area contributed by atoms with Crippen molar-refractivity contribution in [2.45, 2.75) is 19.3 Å². The highest BCUT2D eigenvalue weighted by molar-refractivity contribution is 7.87. The second-order valence-electron chi connectivity index (χ2n) is 7.13. The first-order valence-corrected chi connectivity index (χ1v) is 11.5. The molecule has 9 heteroatoms. The molecule has 0 spiro atoms. The van der Waals surface area contributed by atoms with Crippen LogP contribution < -0.4 is 4.72 Å². The van der Waals surface area contributed by atoms with Crippen molar-refractivity contribution in [3.05, 3.63) is 70.7 Å². The minimum Gasteiger partial charge on any atom is -0.251 e. The molecular weight excluding hydrogens is 422 g/mol. The molecule has 1 N–H and O–H groups in total. The van der Waals surface area contributed by atoms with Crippen LogP contribution in [0.5, 0.6) is 0 Å². The van der Waals surface area contributed by atoms with Crippen LogP contribution in [-0.4, -0.2) is 56.6 Å².